The average Bonchev–Trinajstić information content (AvgIpc) is 2.90. The summed E-state index contributed by atoms with van der Waals surface area (Å²) in [5, 5.41) is 31.8. The molecule has 1 atom stereocenters. The predicted molar refractivity (Wildman–Crippen MR) is 73.4 cm³/mol. The van der Waals surface area contributed by atoms with Gasteiger partial charge in [-0.05, 0) is 12.1 Å². The molecule has 1 amide bonds. The van der Waals surface area contributed by atoms with Crippen molar-refractivity contribution in [3.63, 3.8) is 0 Å². The van der Waals surface area contributed by atoms with Gasteiger partial charge in [0.25, 0.3) is 5.69 Å². The molecule has 1 aliphatic rings. The molecule has 1 fully saturated rings. The number of cyclic esters (lactones) is 1. The van der Waals surface area contributed by atoms with Gasteiger partial charge in [-0.3, -0.25) is 15.0 Å². The van der Waals surface area contributed by atoms with Crippen LogP contribution in [0, 0.1) is 10.1 Å². The molecule has 1 aliphatic heterocycles. The van der Waals surface area contributed by atoms with Gasteiger partial charge in [0.05, 0.1) is 29.9 Å². The van der Waals surface area contributed by atoms with Crippen LogP contribution in [0.4, 0.5) is 21.9 Å². The molecule has 1 saturated heterocycles. The normalized spacial score (nSPS) is 15.7. The molecule has 3 N–H and O–H groups in total. The lowest BCUT2D eigenvalue weighted by Gasteiger charge is -2.15. The Hall–Kier alpha value is -2.39. The smallest absolute Gasteiger partial charge is 0.414 e. The van der Waals surface area contributed by atoms with E-state index in [0.29, 0.717) is 12.2 Å². The van der Waals surface area contributed by atoms with Crippen molar-refractivity contribution in [2.24, 2.45) is 0 Å². The van der Waals surface area contributed by atoms with Gasteiger partial charge in [0.15, 0.2) is 0 Å². The second-order valence-corrected chi connectivity index (χ2v) is 4.44. The number of nitrogens with one attached hydrogen (secondary N) is 1. The highest BCUT2D eigenvalue weighted by atomic mass is 16.6. The number of rotatable bonds is 6. The first kappa shape index (κ1) is 15.0. The van der Waals surface area contributed by atoms with Crippen LogP contribution in [-0.4, -0.2) is 53.6 Å². The van der Waals surface area contributed by atoms with Crippen LogP contribution in [0.3, 0.4) is 0 Å². The Morgan fingerprint density at radius 1 is 1.52 bits per heavy atom. The summed E-state index contributed by atoms with van der Waals surface area (Å²) in [5.41, 5.74) is 0.346. The monoisotopic (exact) mass is 297 g/mol. The third-order valence-electron chi connectivity index (χ3n) is 2.99. The molecule has 0 aromatic heterocycles. The molecule has 0 spiro atoms. The Morgan fingerprint density at radius 3 is 2.86 bits per heavy atom. The molecular weight excluding hydrogens is 282 g/mol. The minimum Gasteiger partial charge on any atom is -0.447 e. The van der Waals surface area contributed by atoms with Crippen LogP contribution < -0.4 is 10.2 Å². The average molecular weight is 297 g/mol. The van der Waals surface area contributed by atoms with Crippen LogP contribution in [-0.2, 0) is 4.74 Å². The Balaban J connectivity index is 2.22. The molecular formula is C12H15N3O6. The summed E-state index contributed by atoms with van der Waals surface area (Å²) in [6.45, 7) is 0.113. The SMILES string of the molecule is O=C1OCCN1c1ccc(NCC(O)CO)c([N+](=O)[O-])c1. The summed E-state index contributed by atoms with van der Waals surface area (Å²) in [7, 11) is 0. The van der Waals surface area contributed by atoms with Crippen molar-refractivity contribution in [3.8, 4) is 0 Å². The number of carbonyl (C=O) groups excluding carboxylic acids is 1. The number of ether oxygens (including phenoxy) is 1. The van der Waals surface area contributed by atoms with E-state index in [-0.39, 0.29) is 24.5 Å². The van der Waals surface area contributed by atoms with E-state index >= 15 is 0 Å². The van der Waals surface area contributed by atoms with Crippen LogP contribution in [0.5, 0.6) is 0 Å². The van der Waals surface area contributed by atoms with Crippen molar-refractivity contribution in [2.75, 3.05) is 36.5 Å². The largest absolute Gasteiger partial charge is 0.447 e. The minimum atomic E-state index is -1.02. The Morgan fingerprint density at radius 2 is 2.29 bits per heavy atom. The number of benzene rings is 1. The zero-order valence-electron chi connectivity index (χ0n) is 11.1. The first-order valence-electron chi connectivity index (χ1n) is 6.28. The predicted octanol–water partition coefficient (Wildman–Crippen LogP) is 0.316. The van der Waals surface area contributed by atoms with Gasteiger partial charge >= 0.3 is 6.09 Å². The number of anilines is 2. The zero-order chi connectivity index (χ0) is 15.4. The van der Waals surface area contributed by atoms with Gasteiger partial charge in [-0.1, -0.05) is 0 Å². The second-order valence-electron chi connectivity index (χ2n) is 4.44. The fourth-order valence-corrected chi connectivity index (χ4v) is 1.91. The maximum absolute atomic E-state index is 11.5. The van der Waals surface area contributed by atoms with Gasteiger partial charge in [-0.25, -0.2) is 4.79 Å². The van der Waals surface area contributed by atoms with Crippen LogP contribution in [0.1, 0.15) is 0 Å². The highest BCUT2D eigenvalue weighted by Crippen LogP contribution is 2.30. The minimum absolute atomic E-state index is 0.0254. The Kier molecular flexibility index (Phi) is 4.55. The quantitative estimate of drug-likeness (QED) is 0.510. The molecule has 0 bridgehead atoms. The van der Waals surface area contributed by atoms with E-state index in [4.69, 9.17) is 9.84 Å². The molecule has 0 radical (unpaired) electrons. The molecule has 1 aromatic rings. The van der Waals surface area contributed by atoms with Crippen molar-refractivity contribution in [3.05, 3.63) is 28.3 Å². The first-order chi connectivity index (χ1) is 10.0. The Bertz CT molecular complexity index is 550. The summed E-state index contributed by atoms with van der Waals surface area (Å²) < 4.78 is 4.78. The van der Waals surface area contributed by atoms with E-state index in [0.717, 1.165) is 0 Å². The molecule has 0 aliphatic carbocycles. The summed E-state index contributed by atoms with van der Waals surface area (Å²) >= 11 is 0. The lowest BCUT2D eigenvalue weighted by Crippen LogP contribution is -2.24. The highest BCUT2D eigenvalue weighted by Gasteiger charge is 2.26. The van der Waals surface area contributed by atoms with Crippen LogP contribution in [0.2, 0.25) is 0 Å². The van der Waals surface area contributed by atoms with E-state index < -0.39 is 23.7 Å². The summed E-state index contributed by atoms with van der Waals surface area (Å²) in [6, 6.07) is 4.26. The molecule has 21 heavy (non-hydrogen) atoms. The third-order valence-corrected chi connectivity index (χ3v) is 2.99. The molecule has 114 valence electrons. The number of nitrogens with zero attached hydrogens (tertiary/aromatic N) is 2. The van der Waals surface area contributed by atoms with Gasteiger partial charge in [0.1, 0.15) is 12.3 Å². The lowest BCUT2D eigenvalue weighted by atomic mass is 10.2. The van der Waals surface area contributed by atoms with Gasteiger partial charge in [-0.15, -0.1) is 0 Å². The molecule has 1 unspecified atom stereocenters. The Labute approximate surface area is 119 Å². The fourth-order valence-electron chi connectivity index (χ4n) is 1.91. The number of carbonyl (C=O) groups is 1. The fraction of sp³-hybridized carbons (Fsp3) is 0.417. The molecule has 2 rings (SSSR count). The van der Waals surface area contributed by atoms with Crippen molar-refractivity contribution < 1.29 is 24.7 Å². The van der Waals surface area contributed by atoms with E-state index in [1.54, 1.807) is 6.07 Å². The van der Waals surface area contributed by atoms with Crippen LogP contribution in [0.25, 0.3) is 0 Å². The van der Waals surface area contributed by atoms with Gasteiger partial charge in [0, 0.05) is 12.6 Å². The van der Waals surface area contributed by atoms with Gasteiger partial charge in [0.2, 0.25) is 0 Å². The van der Waals surface area contributed by atoms with Crippen molar-refractivity contribution >= 4 is 23.2 Å². The molecule has 1 heterocycles. The standard InChI is InChI=1S/C12H15N3O6/c16-7-9(17)6-13-10-2-1-8(5-11(10)15(19)20)14-3-4-21-12(14)18/h1-2,5,9,13,16-17H,3-4,6-7H2. The highest BCUT2D eigenvalue weighted by molar-refractivity contribution is 5.90. The van der Waals surface area contributed by atoms with Crippen molar-refractivity contribution in [2.45, 2.75) is 6.10 Å². The van der Waals surface area contributed by atoms with E-state index in [9.17, 15) is 20.0 Å². The number of nitro groups is 1. The summed E-state index contributed by atoms with van der Waals surface area (Å²) in [5.74, 6) is 0. The summed E-state index contributed by atoms with van der Waals surface area (Å²) in [6.07, 6.45) is -1.56. The zero-order valence-corrected chi connectivity index (χ0v) is 11.1. The van der Waals surface area contributed by atoms with E-state index in [1.165, 1.54) is 17.0 Å². The molecule has 9 heteroatoms. The van der Waals surface area contributed by atoms with Crippen LogP contribution in [0.15, 0.2) is 18.2 Å². The number of aliphatic hydroxyl groups is 2. The summed E-state index contributed by atoms with van der Waals surface area (Å²) in [4.78, 5) is 23.3. The lowest BCUT2D eigenvalue weighted by molar-refractivity contribution is -0.383. The molecule has 0 saturated carbocycles. The maximum atomic E-state index is 11.5. The number of hydrogen-bond donors (Lipinski definition) is 3. The number of amides is 1. The molecule has 1 aromatic carbocycles. The number of aliphatic hydroxyl groups excluding tert-OH is 2. The molecule has 9 nitrogen and oxygen atoms in total. The topological polar surface area (TPSA) is 125 Å². The van der Waals surface area contributed by atoms with E-state index in [1.807, 2.05) is 0 Å². The van der Waals surface area contributed by atoms with Crippen molar-refractivity contribution in [1.82, 2.24) is 0 Å². The first-order valence-corrected chi connectivity index (χ1v) is 6.28. The maximum Gasteiger partial charge on any atom is 0.414 e. The van der Waals surface area contributed by atoms with E-state index in [2.05, 4.69) is 5.32 Å². The number of hydrogen-bond acceptors (Lipinski definition) is 7. The van der Waals surface area contributed by atoms with Gasteiger partial charge in [-0.2, -0.15) is 0 Å². The van der Waals surface area contributed by atoms with Crippen LogP contribution >= 0.6 is 0 Å². The third kappa shape index (κ3) is 3.38. The second kappa shape index (κ2) is 6.37. The van der Waals surface area contributed by atoms with Crippen molar-refractivity contribution in [1.29, 1.82) is 0 Å². The number of nitro benzene ring substituents is 1. The van der Waals surface area contributed by atoms with Gasteiger partial charge < -0.3 is 20.3 Å².